The average molecular weight is 348 g/mol. The predicted molar refractivity (Wildman–Crippen MR) is 100 cm³/mol. The molecule has 0 saturated carbocycles. The fourth-order valence-electron chi connectivity index (χ4n) is 3.06. The van der Waals surface area contributed by atoms with Gasteiger partial charge in [0.05, 0.1) is 18.8 Å². The van der Waals surface area contributed by atoms with Crippen LogP contribution in [0.4, 0.5) is 10.5 Å². The van der Waals surface area contributed by atoms with Crippen molar-refractivity contribution in [3.05, 3.63) is 66.0 Å². The molecule has 2 aromatic carbocycles. The number of anilines is 1. The lowest BCUT2D eigenvalue weighted by Crippen LogP contribution is -2.28. The monoisotopic (exact) mass is 348 g/mol. The van der Waals surface area contributed by atoms with Crippen LogP contribution in [0.15, 0.2) is 54.7 Å². The first-order chi connectivity index (χ1) is 12.7. The third kappa shape index (κ3) is 3.39. The summed E-state index contributed by atoms with van der Waals surface area (Å²) in [5.41, 5.74) is 5.10. The van der Waals surface area contributed by atoms with E-state index in [1.165, 1.54) is 5.56 Å². The number of amides is 2. The van der Waals surface area contributed by atoms with Crippen LogP contribution in [-0.4, -0.2) is 22.4 Å². The smallest absolute Gasteiger partial charge is 0.319 e. The van der Waals surface area contributed by atoms with Crippen molar-refractivity contribution in [2.24, 2.45) is 7.05 Å². The van der Waals surface area contributed by atoms with Crippen molar-refractivity contribution in [1.82, 2.24) is 15.1 Å². The van der Waals surface area contributed by atoms with Crippen molar-refractivity contribution in [2.75, 3.05) is 11.9 Å². The number of hydrogen-bond acceptors (Lipinski definition) is 3. The number of fused-ring (bicyclic) bond motifs is 1. The van der Waals surface area contributed by atoms with Crippen molar-refractivity contribution < 1.29 is 9.53 Å². The average Bonchev–Trinajstić information content (AvgIpc) is 3.28. The highest BCUT2D eigenvalue weighted by Crippen LogP contribution is 2.31. The SMILES string of the molecule is Cn1nccc1CNC(=O)Nc1cccc(-c2ccc3c(c2)CCO3)c1. The molecular formula is C20H20N4O2. The van der Waals surface area contributed by atoms with E-state index in [1.807, 2.05) is 49.5 Å². The molecule has 4 rings (SSSR count). The van der Waals surface area contributed by atoms with Gasteiger partial charge in [-0.2, -0.15) is 5.10 Å². The van der Waals surface area contributed by atoms with Crippen LogP contribution in [0.3, 0.4) is 0 Å². The minimum Gasteiger partial charge on any atom is -0.493 e. The van der Waals surface area contributed by atoms with Gasteiger partial charge in [0.25, 0.3) is 0 Å². The molecule has 0 fully saturated rings. The Morgan fingerprint density at radius 1 is 1.19 bits per heavy atom. The molecule has 0 radical (unpaired) electrons. The molecule has 6 heteroatoms. The van der Waals surface area contributed by atoms with Crippen molar-refractivity contribution in [2.45, 2.75) is 13.0 Å². The lowest BCUT2D eigenvalue weighted by Gasteiger charge is -2.10. The minimum absolute atomic E-state index is 0.245. The molecule has 2 amide bonds. The first-order valence-electron chi connectivity index (χ1n) is 8.57. The van der Waals surface area contributed by atoms with Crippen LogP contribution in [0, 0.1) is 0 Å². The van der Waals surface area contributed by atoms with Gasteiger partial charge in [-0.25, -0.2) is 4.79 Å². The molecule has 0 aliphatic carbocycles. The molecule has 0 atom stereocenters. The van der Waals surface area contributed by atoms with Crippen molar-refractivity contribution in [3.8, 4) is 16.9 Å². The fraction of sp³-hybridized carbons (Fsp3) is 0.200. The van der Waals surface area contributed by atoms with Gasteiger partial charge in [0.2, 0.25) is 0 Å². The quantitative estimate of drug-likeness (QED) is 0.760. The summed E-state index contributed by atoms with van der Waals surface area (Å²) in [6, 6.07) is 15.7. The Bertz CT molecular complexity index is 948. The number of ether oxygens (including phenoxy) is 1. The normalized spacial score (nSPS) is 12.3. The summed E-state index contributed by atoms with van der Waals surface area (Å²) >= 11 is 0. The largest absolute Gasteiger partial charge is 0.493 e. The second-order valence-electron chi connectivity index (χ2n) is 6.26. The molecule has 0 saturated heterocycles. The molecule has 1 aliphatic rings. The van der Waals surface area contributed by atoms with Gasteiger partial charge in [0.15, 0.2) is 0 Å². The van der Waals surface area contributed by atoms with E-state index in [4.69, 9.17) is 4.74 Å². The molecule has 26 heavy (non-hydrogen) atoms. The maximum Gasteiger partial charge on any atom is 0.319 e. The number of rotatable bonds is 4. The molecule has 3 aromatic rings. The number of urea groups is 1. The topological polar surface area (TPSA) is 68.2 Å². The number of aryl methyl sites for hydroxylation is 1. The molecule has 2 N–H and O–H groups in total. The zero-order valence-corrected chi connectivity index (χ0v) is 14.5. The van der Waals surface area contributed by atoms with Crippen molar-refractivity contribution in [3.63, 3.8) is 0 Å². The van der Waals surface area contributed by atoms with Crippen LogP contribution in [0.5, 0.6) is 5.75 Å². The van der Waals surface area contributed by atoms with Crippen LogP contribution in [-0.2, 0) is 20.0 Å². The predicted octanol–water partition coefficient (Wildman–Crippen LogP) is 3.34. The summed E-state index contributed by atoms with van der Waals surface area (Å²) in [7, 11) is 1.85. The van der Waals surface area contributed by atoms with Gasteiger partial charge in [-0.1, -0.05) is 18.2 Å². The van der Waals surface area contributed by atoms with Gasteiger partial charge in [-0.15, -0.1) is 0 Å². The Labute approximate surface area is 151 Å². The molecule has 0 unspecified atom stereocenters. The van der Waals surface area contributed by atoms with E-state index in [1.54, 1.807) is 10.9 Å². The minimum atomic E-state index is -0.245. The van der Waals surface area contributed by atoms with Gasteiger partial charge in [-0.3, -0.25) is 4.68 Å². The highest BCUT2D eigenvalue weighted by atomic mass is 16.5. The van der Waals surface area contributed by atoms with Gasteiger partial charge >= 0.3 is 6.03 Å². The second kappa shape index (κ2) is 6.92. The standard InChI is InChI=1S/C20H20N4O2/c1-24-18(7-9-22-24)13-21-20(25)23-17-4-2-3-14(12-17)15-5-6-19-16(11-15)8-10-26-19/h2-7,9,11-12H,8,10,13H2,1H3,(H2,21,23,25). The number of hydrogen-bond donors (Lipinski definition) is 2. The van der Waals surface area contributed by atoms with E-state index in [9.17, 15) is 4.79 Å². The number of carbonyl (C=O) groups is 1. The van der Waals surface area contributed by atoms with E-state index >= 15 is 0 Å². The Morgan fingerprint density at radius 2 is 2.08 bits per heavy atom. The summed E-state index contributed by atoms with van der Waals surface area (Å²) in [6.45, 7) is 1.17. The van der Waals surface area contributed by atoms with E-state index in [-0.39, 0.29) is 6.03 Å². The number of benzene rings is 2. The maximum absolute atomic E-state index is 12.2. The maximum atomic E-state index is 12.2. The van der Waals surface area contributed by atoms with Gasteiger partial charge < -0.3 is 15.4 Å². The Kier molecular flexibility index (Phi) is 4.31. The number of aromatic nitrogens is 2. The number of nitrogens with one attached hydrogen (secondary N) is 2. The Balaban J connectivity index is 1.44. The summed E-state index contributed by atoms with van der Waals surface area (Å²) in [5, 5.41) is 9.81. The Morgan fingerprint density at radius 3 is 2.92 bits per heavy atom. The van der Waals surface area contributed by atoms with E-state index in [2.05, 4.69) is 21.8 Å². The van der Waals surface area contributed by atoms with Gasteiger partial charge in [-0.05, 0) is 47.0 Å². The molecule has 0 bridgehead atoms. The molecule has 1 aliphatic heterocycles. The zero-order chi connectivity index (χ0) is 17.9. The number of nitrogens with zero attached hydrogens (tertiary/aromatic N) is 2. The molecule has 1 aromatic heterocycles. The highest BCUT2D eigenvalue weighted by Gasteiger charge is 2.13. The summed E-state index contributed by atoms with van der Waals surface area (Å²) in [5.74, 6) is 0.970. The van der Waals surface area contributed by atoms with Gasteiger partial charge in [0, 0.05) is 25.4 Å². The third-order valence-corrected chi connectivity index (χ3v) is 4.50. The summed E-state index contributed by atoms with van der Waals surface area (Å²) < 4.78 is 7.29. The lowest BCUT2D eigenvalue weighted by atomic mass is 10.0. The van der Waals surface area contributed by atoms with Crippen molar-refractivity contribution >= 4 is 11.7 Å². The lowest BCUT2D eigenvalue weighted by molar-refractivity contribution is 0.251. The second-order valence-corrected chi connectivity index (χ2v) is 6.26. The molecule has 6 nitrogen and oxygen atoms in total. The molecule has 0 spiro atoms. The summed E-state index contributed by atoms with van der Waals surface area (Å²) in [6.07, 6.45) is 2.65. The number of carbonyl (C=O) groups excluding carboxylic acids is 1. The van der Waals surface area contributed by atoms with Gasteiger partial charge in [0.1, 0.15) is 5.75 Å². The van der Waals surface area contributed by atoms with Crippen LogP contribution in [0.2, 0.25) is 0 Å². The Hall–Kier alpha value is -3.28. The molecule has 2 heterocycles. The van der Waals surface area contributed by atoms with E-state index < -0.39 is 0 Å². The zero-order valence-electron chi connectivity index (χ0n) is 14.5. The van der Waals surface area contributed by atoms with Crippen molar-refractivity contribution in [1.29, 1.82) is 0 Å². The fourth-order valence-corrected chi connectivity index (χ4v) is 3.06. The summed E-state index contributed by atoms with van der Waals surface area (Å²) in [4.78, 5) is 12.2. The first-order valence-corrected chi connectivity index (χ1v) is 8.57. The molecule has 132 valence electrons. The van der Waals surface area contributed by atoms with Crippen LogP contribution < -0.4 is 15.4 Å². The van der Waals surface area contributed by atoms with Crippen LogP contribution >= 0.6 is 0 Å². The van der Waals surface area contributed by atoms with E-state index in [0.29, 0.717) is 6.54 Å². The van der Waals surface area contributed by atoms with Crippen LogP contribution in [0.25, 0.3) is 11.1 Å². The van der Waals surface area contributed by atoms with E-state index in [0.717, 1.165) is 41.3 Å². The molecular weight excluding hydrogens is 328 g/mol. The highest BCUT2D eigenvalue weighted by molar-refractivity contribution is 5.90. The first kappa shape index (κ1) is 16.2. The van der Waals surface area contributed by atoms with Crippen LogP contribution in [0.1, 0.15) is 11.3 Å². The third-order valence-electron chi connectivity index (χ3n) is 4.50.